The summed E-state index contributed by atoms with van der Waals surface area (Å²) in [5, 5.41) is 12.9. The molecule has 0 aromatic carbocycles. The van der Waals surface area contributed by atoms with Gasteiger partial charge in [-0.2, -0.15) is 17.0 Å². The first-order chi connectivity index (χ1) is 12.3. The Bertz CT molecular complexity index is 882. The molecule has 1 atom stereocenters. The molecule has 0 saturated carbocycles. The number of nitrogens with zero attached hydrogens (tertiary/aromatic N) is 6. The zero-order valence-electron chi connectivity index (χ0n) is 15.3. The minimum absolute atomic E-state index is 0.287. The third kappa shape index (κ3) is 3.85. The van der Waals surface area contributed by atoms with Crippen LogP contribution < -0.4 is 5.32 Å². The fraction of sp³-hybridized carbons (Fsp3) is 0.600. The average Bonchev–Trinajstić information content (AvgIpc) is 3.23. The van der Waals surface area contributed by atoms with E-state index in [2.05, 4.69) is 25.5 Å². The lowest BCUT2D eigenvalue weighted by Gasteiger charge is -2.26. The molecule has 1 fully saturated rings. The summed E-state index contributed by atoms with van der Waals surface area (Å²) < 4.78 is 27.9. The highest BCUT2D eigenvalue weighted by Gasteiger charge is 2.37. The molecule has 3 heterocycles. The van der Waals surface area contributed by atoms with Crippen LogP contribution in [0.5, 0.6) is 0 Å². The molecule has 1 saturated heterocycles. The van der Waals surface area contributed by atoms with E-state index < -0.39 is 10.2 Å². The van der Waals surface area contributed by atoms with Gasteiger partial charge in [0.05, 0.1) is 11.7 Å². The topological polar surface area (TPSA) is 104 Å². The Hall–Kier alpha value is -1.69. The summed E-state index contributed by atoms with van der Waals surface area (Å²) in [5.74, 6) is 1.18. The molecule has 11 heteroatoms. The predicted octanol–water partition coefficient (Wildman–Crippen LogP) is 1.89. The standard InChI is InChI=1S/C15H23N7O2S2/c1-5-14-19-20-15(25-14)18-13-9-11(16-10(2)17-13)12-7-6-8-22(12)26(23,24)21(3)4/h9,12H,5-8H2,1-4H3,(H,16,17,18,20). The maximum absolute atomic E-state index is 12.6. The molecule has 1 aliphatic rings. The van der Waals surface area contributed by atoms with Crippen LogP contribution in [0.1, 0.15) is 42.3 Å². The lowest BCUT2D eigenvalue weighted by Crippen LogP contribution is -2.39. The molecule has 0 amide bonds. The minimum atomic E-state index is -3.49. The van der Waals surface area contributed by atoms with Crippen molar-refractivity contribution in [3.8, 4) is 0 Å². The predicted molar refractivity (Wildman–Crippen MR) is 101 cm³/mol. The Balaban J connectivity index is 1.89. The summed E-state index contributed by atoms with van der Waals surface area (Å²) in [4.78, 5) is 8.89. The summed E-state index contributed by atoms with van der Waals surface area (Å²) in [5.41, 5.74) is 0.697. The number of aromatic nitrogens is 4. The van der Waals surface area contributed by atoms with E-state index in [-0.39, 0.29) is 6.04 Å². The van der Waals surface area contributed by atoms with Gasteiger partial charge in [0.1, 0.15) is 16.6 Å². The quantitative estimate of drug-likeness (QED) is 0.793. The molecular formula is C15H23N7O2S2. The van der Waals surface area contributed by atoms with Crippen LogP contribution in [0, 0.1) is 6.92 Å². The van der Waals surface area contributed by atoms with Gasteiger partial charge in [-0.15, -0.1) is 10.2 Å². The van der Waals surface area contributed by atoms with Crippen LogP contribution in [0.4, 0.5) is 10.9 Å². The van der Waals surface area contributed by atoms with Crippen LogP contribution in [0.3, 0.4) is 0 Å². The number of anilines is 2. The largest absolute Gasteiger partial charge is 0.315 e. The molecule has 2 aromatic heterocycles. The minimum Gasteiger partial charge on any atom is -0.315 e. The van der Waals surface area contributed by atoms with Crippen LogP contribution >= 0.6 is 11.3 Å². The number of hydrogen-bond acceptors (Lipinski definition) is 8. The van der Waals surface area contributed by atoms with Crippen LogP contribution in [-0.2, 0) is 16.6 Å². The molecular weight excluding hydrogens is 374 g/mol. The highest BCUT2D eigenvalue weighted by molar-refractivity contribution is 7.86. The summed E-state index contributed by atoms with van der Waals surface area (Å²) in [7, 11) is -0.402. The highest BCUT2D eigenvalue weighted by Crippen LogP contribution is 2.35. The number of hydrogen-bond donors (Lipinski definition) is 1. The van der Waals surface area contributed by atoms with Crippen molar-refractivity contribution < 1.29 is 8.42 Å². The van der Waals surface area contributed by atoms with E-state index in [4.69, 9.17) is 0 Å². The van der Waals surface area contributed by atoms with Gasteiger partial charge in [-0.05, 0) is 26.2 Å². The molecule has 9 nitrogen and oxygen atoms in total. The summed E-state index contributed by atoms with van der Waals surface area (Å²) in [6.07, 6.45) is 2.37. The lowest BCUT2D eigenvalue weighted by atomic mass is 10.1. The maximum Gasteiger partial charge on any atom is 0.282 e. The summed E-state index contributed by atoms with van der Waals surface area (Å²) >= 11 is 1.47. The van der Waals surface area contributed by atoms with Crippen LogP contribution in [0.15, 0.2) is 6.07 Å². The van der Waals surface area contributed by atoms with Crippen molar-refractivity contribution in [1.82, 2.24) is 28.8 Å². The molecule has 1 unspecified atom stereocenters. The number of aryl methyl sites for hydroxylation is 2. The molecule has 1 aliphatic heterocycles. The number of rotatable bonds is 6. The second-order valence-electron chi connectivity index (χ2n) is 6.26. The molecule has 142 valence electrons. The van der Waals surface area contributed by atoms with Crippen molar-refractivity contribution >= 4 is 32.5 Å². The van der Waals surface area contributed by atoms with Crippen LogP contribution in [0.25, 0.3) is 0 Å². The highest BCUT2D eigenvalue weighted by atomic mass is 32.2. The Labute approximate surface area is 157 Å². The van der Waals surface area contributed by atoms with Crippen molar-refractivity contribution in [2.45, 2.75) is 39.2 Å². The first kappa shape index (κ1) is 19.1. The second-order valence-corrected chi connectivity index (χ2v) is 9.42. The smallest absolute Gasteiger partial charge is 0.282 e. The van der Waals surface area contributed by atoms with E-state index in [0.717, 1.165) is 24.3 Å². The molecule has 0 bridgehead atoms. The van der Waals surface area contributed by atoms with Gasteiger partial charge in [-0.25, -0.2) is 9.97 Å². The van der Waals surface area contributed by atoms with E-state index >= 15 is 0 Å². The zero-order valence-corrected chi connectivity index (χ0v) is 16.9. The Morgan fingerprint density at radius 2 is 2.12 bits per heavy atom. The van der Waals surface area contributed by atoms with Gasteiger partial charge < -0.3 is 5.32 Å². The lowest BCUT2D eigenvalue weighted by molar-refractivity contribution is 0.357. The van der Waals surface area contributed by atoms with Crippen LogP contribution in [0.2, 0.25) is 0 Å². The van der Waals surface area contributed by atoms with Crippen molar-refractivity contribution in [2.75, 3.05) is 26.0 Å². The molecule has 0 spiro atoms. The fourth-order valence-electron chi connectivity index (χ4n) is 2.90. The van der Waals surface area contributed by atoms with E-state index in [1.165, 1.54) is 19.9 Å². The van der Waals surface area contributed by atoms with Crippen molar-refractivity contribution in [3.05, 3.63) is 22.6 Å². The first-order valence-electron chi connectivity index (χ1n) is 8.45. The van der Waals surface area contributed by atoms with Crippen molar-refractivity contribution in [3.63, 3.8) is 0 Å². The molecule has 0 aliphatic carbocycles. The Morgan fingerprint density at radius 1 is 1.35 bits per heavy atom. The van der Waals surface area contributed by atoms with E-state index in [9.17, 15) is 8.42 Å². The number of nitrogens with one attached hydrogen (secondary N) is 1. The van der Waals surface area contributed by atoms with Gasteiger partial charge in [0, 0.05) is 26.7 Å². The monoisotopic (exact) mass is 397 g/mol. The van der Waals surface area contributed by atoms with Crippen molar-refractivity contribution in [1.29, 1.82) is 0 Å². The Morgan fingerprint density at radius 3 is 2.77 bits per heavy atom. The van der Waals surface area contributed by atoms with E-state index in [0.29, 0.717) is 29.0 Å². The summed E-state index contributed by atoms with van der Waals surface area (Å²) in [6.45, 7) is 4.32. The van der Waals surface area contributed by atoms with Gasteiger partial charge in [0.15, 0.2) is 0 Å². The first-order valence-corrected chi connectivity index (χ1v) is 10.7. The average molecular weight is 398 g/mol. The van der Waals surface area contributed by atoms with Gasteiger partial charge in [-0.1, -0.05) is 18.3 Å². The molecule has 26 heavy (non-hydrogen) atoms. The van der Waals surface area contributed by atoms with Gasteiger partial charge in [-0.3, -0.25) is 0 Å². The SMILES string of the molecule is CCc1nnc(Nc2cc(C3CCCN3S(=O)(=O)N(C)C)nc(C)n2)s1. The molecule has 1 N–H and O–H groups in total. The molecule has 2 aromatic rings. The third-order valence-electron chi connectivity index (χ3n) is 4.16. The van der Waals surface area contributed by atoms with E-state index in [1.54, 1.807) is 27.1 Å². The van der Waals surface area contributed by atoms with Gasteiger partial charge in [0.25, 0.3) is 10.2 Å². The van der Waals surface area contributed by atoms with Gasteiger partial charge in [0.2, 0.25) is 5.13 Å². The van der Waals surface area contributed by atoms with Crippen LogP contribution in [-0.4, -0.2) is 57.8 Å². The fourth-order valence-corrected chi connectivity index (χ4v) is 4.90. The molecule has 3 rings (SSSR count). The second kappa shape index (κ2) is 7.51. The van der Waals surface area contributed by atoms with Gasteiger partial charge >= 0.3 is 0 Å². The maximum atomic E-state index is 12.6. The van der Waals surface area contributed by atoms with E-state index in [1.807, 2.05) is 6.92 Å². The third-order valence-corrected chi connectivity index (χ3v) is 7.10. The summed E-state index contributed by atoms with van der Waals surface area (Å²) in [6, 6.07) is 1.51. The normalized spacial score (nSPS) is 18.6. The Kier molecular flexibility index (Phi) is 5.51. The molecule has 0 radical (unpaired) electrons. The zero-order chi connectivity index (χ0) is 18.9. The van der Waals surface area contributed by atoms with Crippen molar-refractivity contribution in [2.24, 2.45) is 0 Å².